The zero-order valence-electron chi connectivity index (χ0n) is 19.3. The number of rotatable bonds is 9. The summed E-state index contributed by atoms with van der Waals surface area (Å²) in [6.07, 6.45) is 1.47. The zero-order chi connectivity index (χ0) is 25.5. The number of esters is 1. The van der Waals surface area contributed by atoms with E-state index in [9.17, 15) is 9.59 Å². The predicted molar refractivity (Wildman–Crippen MR) is 139 cm³/mol. The molecule has 1 N–H and O–H groups in total. The van der Waals surface area contributed by atoms with E-state index in [2.05, 4.69) is 10.5 Å². The van der Waals surface area contributed by atoms with Gasteiger partial charge in [-0.2, -0.15) is 5.10 Å². The first-order valence-electron chi connectivity index (χ1n) is 10.6. The van der Waals surface area contributed by atoms with E-state index in [1.54, 1.807) is 68.8 Å². The lowest BCUT2D eigenvalue weighted by Gasteiger charge is -2.06. The second-order valence-electron chi connectivity index (χ2n) is 7.32. The van der Waals surface area contributed by atoms with E-state index < -0.39 is 11.9 Å². The van der Waals surface area contributed by atoms with Crippen molar-refractivity contribution >= 4 is 51.1 Å². The topological polar surface area (TPSA) is 95.5 Å². The lowest BCUT2D eigenvalue weighted by molar-refractivity contribution is -0.123. The molecule has 0 saturated carbocycles. The predicted octanol–water partition coefficient (Wildman–Crippen LogP) is 5.32. The number of thiophene rings is 1. The number of hydrazone groups is 1. The number of benzene rings is 3. The van der Waals surface area contributed by atoms with Crippen LogP contribution < -0.4 is 24.4 Å². The number of amides is 1. The van der Waals surface area contributed by atoms with Crippen LogP contribution in [0.2, 0.25) is 5.02 Å². The number of carbonyl (C=O) groups excluding carboxylic acids is 2. The van der Waals surface area contributed by atoms with Gasteiger partial charge in [0.15, 0.2) is 6.61 Å². The lowest BCUT2D eigenvalue weighted by Crippen LogP contribution is -2.24. The van der Waals surface area contributed by atoms with Crippen LogP contribution in [0.5, 0.6) is 23.0 Å². The van der Waals surface area contributed by atoms with E-state index in [-0.39, 0.29) is 6.61 Å². The Morgan fingerprint density at radius 3 is 2.25 bits per heavy atom. The summed E-state index contributed by atoms with van der Waals surface area (Å²) in [4.78, 5) is 24.9. The van der Waals surface area contributed by atoms with Gasteiger partial charge in [0.25, 0.3) is 5.91 Å². The van der Waals surface area contributed by atoms with E-state index in [0.717, 1.165) is 10.1 Å². The molecule has 1 aromatic heterocycles. The van der Waals surface area contributed by atoms with E-state index in [1.807, 2.05) is 12.1 Å². The largest absolute Gasteiger partial charge is 0.497 e. The third kappa shape index (κ3) is 6.12. The lowest BCUT2D eigenvalue weighted by atomic mass is 10.2. The van der Waals surface area contributed by atoms with Crippen LogP contribution in [-0.2, 0) is 4.79 Å². The maximum Gasteiger partial charge on any atom is 0.355 e. The Morgan fingerprint density at radius 2 is 1.56 bits per heavy atom. The fraction of sp³-hybridized carbons (Fsp3) is 0.115. The molecule has 0 unspecified atom stereocenters. The molecular formula is C26H21ClN2O6S. The average Bonchev–Trinajstić information content (AvgIpc) is 3.24. The third-order valence-electron chi connectivity index (χ3n) is 4.94. The Bertz CT molecular complexity index is 1400. The van der Waals surface area contributed by atoms with Crippen molar-refractivity contribution < 1.29 is 28.5 Å². The first-order chi connectivity index (χ1) is 17.5. The zero-order valence-corrected chi connectivity index (χ0v) is 20.9. The van der Waals surface area contributed by atoms with Gasteiger partial charge in [0.2, 0.25) is 0 Å². The number of fused-ring (bicyclic) bond motifs is 1. The van der Waals surface area contributed by atoms with Crippen LogP contribution in [0.25, 0.3) is 10.1 Å². The number of methoxy groups -OCH3 is 2. The SMILES string of the molecule is COc1ccc(OCC(=O)NN=Cc2ccc(OC(=O)c3sc4cc(OC)ccc4c3Cl)cc2)cc1. The summed E-state index contributed by atoms with van der Waals surface area (Å²) in [5.74, 6) is 1.30. The molecule has 0 fully saturated rings. The van der Waals surface area contributed by atoms with E-state index in [1.165, 1.54) is 17.6 Å². The highest BCUT2D eigenvalue weighted by atomic mass is 35.5. The maximum atomic E-state index is 12.7. The van der Waals surface area contributed by atoms with Gasteiger partial charge in [-0.15, -0.1) is 11.3 Å². The minimum absolute atomic E-state index is 0.189. The molecule has 0 bridgehead atoms. The van der Waals surface area contributed by atoms with Crippen molar-refractivity contribution in [1.29, 1.82) is 0 Å². The van der Waals surface area contributed by atoms with Crippen LogP contribution in [0.4, 0.5) is 0 Å². The Hall–Kier alpha value is -4.08. The quantitative estimate of drug-likeness (QED) is 0.138. The van der Waals surface area contributed by atoms with Gasteiger partial charge in [-0.05, 0) is 72.3 Å². The minimum Gasteiger partial charge on any atom is -0.497 e. The van der Waals surface area contributed by atoms with Gasteiger partial charge in [0.05, 0.1) is 25.5 Å². The maximum absolute atomic E-state index is 12.7. The van der Waals surface area contributed by atoms with Crippen LogP contribution in [-0.4, -0.2) is 38.9 Å². The fourth-order valence-corrected chi connectivity index (χ4v) is 4.52. The van der Waals surface area contributed by atoms with Crippen LogP contribution in [0, 0.1) is 0 Å². The van der Waals surface area contributed by atoms with Crippen molar-refractivity contribution in [1.82, 2.24) is 5.43 Å². The van der Waals surface area contributed by atoms with Crippen LogP contribution in [0.3, 0.4) is 0 Å². The van der Waals surface area contributed by atoms with Crippen molar-refractivity contribution in [3.8, 4) is 23.0 Å². The number of hydrogen-bond acceptors (Lipinski definition) is 8. The Labute approximate surface area is 216 Å². The van der Waals surface area contributed by atoms with Gasteiger partial charge >= 0.3 is 5.97 Å². The van der Waals surface area contributed by atoms with Crippen molar-refractivity contribution in [2.24, 2.45) is 5.10 Å². The molecule has 0 saturated heterocycles. The second kappa shape index (κ2) is 11.6. The Kier molecular flexibility index (Phi) is 8.04. The molecule has 36 heavy (non-hydrogen) atoms. The molecule has 0 radical (unpaired) electrons. The number of halogens is 1. The highest BCUT2D eigenvalue weighted by molar-refractivity contribution is 7.21. The van der Waals surface area contributed by atoms with Gasteiger partial charge < -0.3 is 18.9 Å². The summed E-state index contributed by atoms with van der Waals surface area (Å²) >= 11 is 7.63. The van der Waals surface area contributed by atoms with Gasteiger partial charge in [-0.3, -0.25) is 4.79 Å². The van der Waals surface area contributed by atoms with Gasteiger partial charge in [-0.25, -0.2) is 10.2 Å². The normalized spacial score (nSPS) is 10.9. The van der Waals surface area contributed by atoms with Crippen LogP contribution >= 0.6 is 22.9 Å². The molecule has 0 aliphatic rings. The minimum atomic E-state index is -0.550. The molecule has 3 aromatic carbocycles. The monoisotopic (exact) mass is 524 g/mol. The highest BCUT2D eigenvalue weighted by Crippen LogP contribution is 2.37. The summed E-state index contributed by atoms with van der Waals surface area (Å²) in [5, 5.41) is 5.02. The fourth-order valence-electron chi connectivity index (χ4n) is 3.11. The third-order valence-corrected chi connectivity index (χ3v) is 6.58. The molecule has 184 valence electrons. The van der Waals surface area contributed by atoms with Crippen LogP contribution in [0.15, 0.2) is 71.8 Å². The van der Waals surface area contributed by atoms with E-state index in [0.29, 0.717) is 38.5 Å². The first-order valence-corrected chi connectivity index (χ1v) is 11.8. The number of hydrogen-bond donors (Lipinski definition) is 1. The molecule has 8 nitrogen and oxygen atoms in total. The van der Waals surface area contributed by atoms with E-state index in [4.69, 9.17) is 30.5 Å². The number of ether oxygens (including phenoxy) is 4. The number of carbonyl (C=O) groups is 2. The molecule has 4 aromatic rings. The molecule has 0 aliphatic carbocycles. The summed E-state index contributed by atoms with van der Waals surface area (Å²) in [6, 6.07) is 18.9. The molecular weight excluding hydrogens is 504 g/mol. The van der Waals surface area contributed by atoms with Crippen molar-refractivity contribution in [2.45, 2.75) is 0 Å². The second-order valence-corrected chi connectivity index (χ2v) is 8.75. The summed E-state index contributed by atoms with van der Waals surface area (Å²) in [7, 11) is 3.15. The molecule has 10 heteroatoms. The average molecular weight is 525 g/mol. The van der Waals surface area contributed by atoms with Gasteiger partial charge in [0.1, 0.15) is 27.9 Å². The van der Waals surface area contributed by atoms with Gasteiger partial charge in [-0.1, -0.05) is 11.6 Å². The molecule has 0 aliphatic heterocycles. The van der Waals surface area contributed by atoms with E-state index >= 15 is 0 Å². The highest BCUT2D eigenvalue weighted by Gasteiger charge is 2.19. The Morgan fingerprint density at radius 1 is 0.917 bits per heavy atom. The smallest absolute Gasteiger partial charge is 0.355 e. The number of nitrogens with one attached hydrogen (secondary N) is 1. The van der Waals surface area contributed by atoms with Crippen molar-refractivity contribution in [3.63, 3.8) is 0 Å². The first kappa shape index (κ1) is 25.0. The van der Waals surface area contributed by atoms with Crippen molar-refractivity contribution in [2.75, 3.05) is 20.8 Å². The Balaban J connectivity index is 1.29. The van der Waals surface area contributed by atoms with Crippen molar-refractivity contribution in [3.05, 3.63) is 82.2 Å². The summed E-state index contributed by atoms with van der Waals surface area (Å²) in [5.41, 5.74) is 3.09. The van der Waals surface area contributed by atoms with Crippen LogP contribution in [0.1, 0.15) is 15.2 Å². The molecule has 0 atom stereocenters. The summed E-state index contributed by atoms with van der Waals surface area (Å²) in [6.45, 7) is -0.189. The molecule has 1 amide bonds. The molecule has 0 spiro atoms. The summed E-state index contributed by atoms with van der Waals surface area (Å²) < 4.78 is 22.0. The standard InChI is InChI=1S/C26H21ClN2O6S/c1-32-17-7-9-18(10-8-17)34-15-23(30)29-28-14-16-3-5-19(6-4-16)35-26(31)25-24(27)21-12-11-20(33-2)13-22(21)36-25/h3-14H,15H2,1-2H3,(H,29,30). The van der Waals surface area contributed by atoms with Gasteiger partial charge in [0, 0.05) is 10.1 Å². The number of nitrogens with zero attached hydrogens (tertiary/aromatic N) is 1. The molecule has 4 rings (SSSR count). The molecule has 1 heterocycles.